The van der Waals surface area contributed by atoms with Crippen molar-refractivity contribution < 1.29 is 9.59 Å². The normalized spacial score (nSPS) is 10.9. The summed E-state index contributed by atoms with van der Waals surface area (Å²) in [6, 6.07) is 8.73. The van der Waals surface area contributed by atoms with E-state index in [9.17, 15) is 9.59 Å². The zero-order valence-electron chi connectivity index (χ0n) is 14.3. The first kappa shape index (κ1) is 18.1. The quantitative estimate of drug-likeness (QED) is 0.754. The molecule has 7 nitrogen and oxygen atoms in total. The van der Waals surface area contributed by atoms with Crippen molar-refractivity contribution in [3.8, 4) is 0 Å². The smallest absolute Gasteiger partial charge is 0.271 e. The Balaban J connectivity index is 2.22. The van der Waals surface area contributed by atoms with Crippen LogP contribution in [0.15, 0.2) is 60.8 Å². The number of rotatable bonds is 7. The van der Waals surface area contributed by atoms with E-state index in [1.165, 1.54) is 18.6 Å². The highest BCUT2D eigenvalue weighted by Gasteiger charge is 2.18. The van der Waals surface area contributed by atoms with E-state index in [1.807, 2.05) is 19.9 Å². The summed E-state index contributed by atoms with van der Waals surface area (Å²) in [5.74, 6) is -0.153. The minimum absolute atomic E-state index is 0.142. The van der Waals surface area contributed by atoms with Gasteiger partial charge in [0.25, 0.3) is 11.8 Å². The lowest BCUT2D eigenvalue weighted by Crippen LogP contribution is -2.38. The van der Waals surface area contributed by atoms with E-state index < -0.39 is 0 Å². The van der Waals surface area contributed by atoms with E-state index in [1.54, 1.807) is 35.4 Å². The summed E-state index contributed by atoms with van der Waals surface area (Å²) in [6.45, 7) is 4.85. The molecule has 1 aromatic carbocycles. The summed E-state index contributed by atoms with van der Waals surface area (Å²) in [6.07, 6.45) is 6.04. The van der Waals surface area contributed by atoms with Crippen LogP contribution in [0.2, 0.25) is 0 Å². The molecule has 0 radical (unpaired) electrons. The van der Waals surface area contributed by atoms with Crippen LogP contribution in [-0.2, 0) is 4.79 Å². The highest BCUT2D eigenvalue weighted by atomic mass is 16.2. The van der Waals surface area contributed by atoms with Gasteiger partial charge in [0.2, 0.25) is 0 Å². The lowest BCUT2D eigenvalue weighted by molar-refractivity contribution is -0.127. The molecule has 0 aliphatic heterocycles. The predicted octanol–water partition coefficient (Wildman–Crippen LogP) is 2.03. The molecule has 0 unspecified atom stereocenters. The van der Waals surface area contributed by atoms with E-state index in [4.69, 9.17) is 0 Å². The molecule has 0 saturated heterocycles. The number of nitrogens with one attached hydrogen (secondary N) is 2. The Hall–Kier alpha value is -3.22. The number of benzene rings is 1. The number of hydrogen-bond acceptors (Lipinski definition) is 5. The molecule has 2 amide bonds. The average Bonchev–Trinajstić information content (AvgIpc) is 2.67. The third-order valence-corrected chi connectivity index (χ3v) is 3.49. The lowest BCUT2D eigenvalue weighted by atomic mass is 10.2. The zero-order chi connectivity index (χ0) is 18.1. The average molecular weight is 339 g/mol. The lowest BCUT2D eigenvalue weighted by Gasteiger charge is -2.21. The van der Waals surface area contributed by atoms with Crippen molar-refractivity contribution in [3.05, 3.63) is 66.4 Å². The molecule has 7 heteroatoms. The Labute approximate surface area is 146 Å². The van der Waals surface area contributed by atoms with Crippen LogP contribution in [0.5, 0.6) is 0 Å². The van der Waals surface area contributed by atoms with Gasteiger partial charge in [0.15, 0.2) is 0 Å². The van der Waals surface area contributed by atoms with Crippen LogP contribution in [0.25, 0.3) is 0 Å². The summed E-state index contributed by atoms with van der Waals surface area (Å²) in [4.78, 5) is 34.7. The van der Waals surface area contributed by atoms with Crippen molar-refractivity contribution >= 4 is 17.6 Å². The van der Waals surface area contributed by atoms with Crippen molar-refractivity contribution in [1.29, 1.82) is 0 Å². The molecule has 0 fully saturated rings. The number of nitrogens with zero attached hydrogens (tertiary/aromatic N) is 3. The van der Waals surface area contributed by atoms with Crippen LogP contribution < -0.4 is 10.6 Å². The second kappa shape index (κ2) is 9.17. The van der Waals surface area contributed by atoms with Gasteiger partial charge < -0.3 is 15.5 Å². The largest absolute Gasteiger partial charge is 0.343 e. The summed E-state index contributed by atoms with van der Waals surface area (Å²) >= 11 is 0. The van der Waals surface area contributed by atoms with Gasteiger partial charge in [-0.05, 0) is 26.0 Å². The molecule has 0 saturated carbocycles. The van der Waals surface area contributed by atoms with E-state index in [-0.39, 0.29) is 17.5 Å². The first-order valence-corrected chi connectivity index (χ1v) is 8.04. The van der Waals surface area contributed by atoms with E-state index in [0.29, 0.717) is 24.5 Å². The fourth-order valence-electron chi connectivity index (χ4n) is 2.14. The molecular formula is C18H21N5O2. The van der Waals surface area contributed by atoms with Gasteiger partial charge >= 0.3 is 0 Å². The number of carbonyl (C=O) groups excluding carboxylic acids is 2. The highest BCUT2D eigenvalue weighted by Crippen LogP contribution is 2.05. The fraction of sp³-hybridized carbons (Fsp3) is 0.222. The highest BCUT2D eigenvalue weighted by molar-refractivity contribution is 6.02. The molecule has 2 aromatic rings. The minimum atomic E-state index is -0.353. The maximum atomic E-state index is 12.7. The second-order valence-electron chi connectivity index (χ2n) is 5.09. The minimum Gasteiger partial charge on any atom is -0.343 e. The fourth-order valence-corrected chi connectivity index (χ4v) is 2.14. The maximum Gasteiger partial charge on any atom is 0.271 e. The zero-order valence-corrected chi connectivity index (χ0v) is 14.3. The van der Waals surface area contributed by atoms with Gasteiger partial charge in [0, 0.05) is 37.2 Å². The number of carbonyl (C=O) groups is 2. The van der Waals surface area contributed by atoms with E-state index in [0.717, 1.165) is 0 Å². The van der Waals surface area contributed by atoms with Crippen molar-refractivity contribution in [3.63, 3.8) is 0 Å². The number of hydrogen-bond donors (Lipinski definition) is 2. The molecule has 0 bridgehead atoms. The summed E-state index contributed by atoms with van der Waals surface area (Å²) in [5.41, 5.74) is 0.614. The molecule has 1 aromatic heterocycles. The van der Waals surface area contributed by atoms with Crippen molar-refractivity contribution in [1.82, 2.24) is 20.2 Å². The predicted molar refractivity (Wildman–Crippen MR) is 95.6 cm³/mol. The van der Waals surface area contributed by atoms with Gasteiger partial charge in [-0.15, -0.1) is 0 Å². The van der Waals surface area contributed by atoms with Crippen molar-refractivity contribution in [2.45, 2.75) is 13.8 Å². The van der Waals surface area contributed by atoms with Gasteiger partial charge in [0.1, 0.15) is 11.5 Å². The van der Waals surface area contributed by atoms with Crippen LogP contribution in [0, 0.1) is 0 Å². The standard InChI is InChI=1S/C18H21N5O2/c1-3-23(4-2)18(25)15(12-21-16-13-19-10-11-20-16)22-17(24)14-8-6-5-7-9-14/h5-13H,3-4H2,1-2H3,(H,20,21)(H,22,24)/b15-12-. The Morgan fingerprint density at radius 2 is 1.84 bits per heavy atom. The molecule has 0 aliphatic carbocycles. The van der Waals surface area contributed by atoms with Gasteiger partial charge in [-0.1, -0.05) is 18.2 Å². The first-order chi connectivity index (χ1) is 12.2. The van der Waals surface area contributed by atoms with Crippen LogP contribution >= 0.6 is 0 Å². The van der Waals surface area contributed by atoms with Gasteiger partial charge in [-0.3, -0.25) is 14.6 Å². The Kier molecular flexibility index (Phi) is 6.65. The summed E-state index contributed by atoms with van der Waals surface area (Å²) in [5, 5.41) is 5.56. The van der Waals surface area contributed by atoms with Crippen LogP contribution in [-0.4, -0.2) is 39.8 Å². The third kappa shape index (κ3) is 5.13. The Bertz CT molecular complexity index is 728. The molecule has 2 N–H and O–H groups in total. The van der Waals surface area contributed by atoms with Crippen LogP contribution in [0.1, 0.15) is 24.2 Å². The molecule has 0 atom stereocenters. The first-order valence-electron chi connectivity index (χ1n) is 8.04. The maximum absolute atomic E-state index is 12.7. The van der Waals surface area contributed by atoms with Crippen molar-refractivity contribution in [2.24, 2.45) is 0 Å². The number of anilines is 1. The van der Waals surface area contributed by atoms with Crippen molar-refractivity contribution in [2.75, 3.05) is 18.4 Å². The van der Waals surface area contributed by atoms with E-state index in [2.05, 4.69) is 20.6 Å². The molecule has 0 aliphatic rings. The monoisotopic (exact) mass is 339 g/mol. The van der Waals surface area contributed by atoms with Crippen LogP contribution in [0.4, 0.5) is 5.82 Å². The third-order valence-electron chi connectivity index (χ3n) is 3.49. The summed E-state index contributed by atoms with van der Waals surface area (Å²) < 4.78 is 0. The number of likely N-dealkylation sites (N-methyl/N-ethyl adjacent to an activating group) is 1. The van der Waals surface area contributed by atoms with Gasteiger partial charge in [-0.2, -0.15) is 0 Å². The summed E-state index contributed by atoms with van der Waals surface area (Å²) in [7, 11) is 0. The second-order valence-corrected chi connectivity index (χ2v) is 5.09. The van der Waals surface area contributed by atoms with Crippen LogP contribution in [0.3, 0.4) is 0 Å². The van der Waals surface area contributed by atoms with Gasteiger partial charge in [-0.25, -0.2) is 4.98 Å². The Morgan fingerprint density at radius 1 is 1.12 bits per heavy atom. The number of amides is 2. The van der Waals surface area contributed by atoms with Gasteiger partial charge in [0.05, 0.1) is 6.20 Å². The molecule has 2 rings (SSSR count). The molecular weight excluding hydrogens is 318 g/mol. The number of aromatic nitrogens is 2. The Morgan fingerprint density at radius 3 is 2.44 bits per heavy atom. The van der Waals surface area contributed by atoms with E-state index >= 15 is 0 Å². The molecule has 130 valence electrons. The molecule has 1 heterocycles. The topological polar surface area (TPSA) is 87.2 Å². The SMILES string of the molecule is CCN(CC)C(=O)/C(=C/Nc1cnccn1)NC(=O)c1ccccc1. The molecule has 0 spiro atoms. The molecule has 25 heavy (non-hydrogen) atoms.